The summed E-state index contributed by atoms with van der Waals surface area (Å²) >= 11 is 1.64. The van der Waals surface area contributed by atoms with Crippen molar-refractivity contribution in [2.75, 3.05) is 0 Å². The fraction of sp³-hybridized carbons (Fsp3) is 0.0952. The third-order valence-electron chi connectivity index (χ3n) is 4.36. The molecule has 0 fully saturated rings. The normalized spacial score (nSPS) is 11.9. The van der Waals surface area contributed by atoms with Gasteiger partial charge in [0.15, 0.2) is 0 Å². The quantitative estimate of drug-likeness (QED) is 0.571. The van der Waals surface area contributed by atoms with Gasteiger partial charge in [-0.3, -0.25) is 9.36 Å². The van der Waals surface area contributed by atoms with Gasteiger partial charge in [-0.2, -0.15) is 0 Å². The van der Waals surface area contributed by atoms with Crippen LogP contribution in [0.2, 0.25) is 0 Å². The fourth-order valence-electron chi connectivity index (χ4n) is 2.87. The zero-order chi connectivity index (χ0) is 18.6. The molecule has 0 aliphatic rings. The average Bonchev–Trinajstić information content (AvgIpc) is 3.41. The number of hydrogen-bond acceptors (Lipinski definition) is 4. The molecule has 4 rings (SSSR count). The molecule has 0 saturated carbocycles. The van der Waals surface area contributed by atoms with E-state index >= 15 is 0 Å². The summed E-state index contributed by atoms with van der Waals surface area (Å²) in [5.74, 6) is -0.107. The maximum absolute atomic E-state index is 12.9. The van der Waals surface area contributed by atoms with Crippen molar-refractivity contribution < 1.29 is 4.79 Å². The molecule has 0 bridgehead atoms. The van der Waals surface area contributed by atoms with E-state index in [0.29, 0.717) is 5.56 Å². The van der Waals surface area contributed by atoms with E-state index in [2.05, 4.69) is 46.7 Å². The van der Waals surface area contributed by atoms with Crippen LogP contribution in [0, 0.1) is 6.92 Å². The maximum Gasteiger partial charge on any atom is 0.252 e. The Morgan fingerprint density at radius 3 is 2.33 bits per heavy atom. The third kappa shape index (κ3) is 3.80. The van der Waals surface area contributed by atoms with Crippen molar-refractivity contribution in [3.05, 3.63) is 100 Å². The first-order chi connectivity index (χ1) is 13.2. The van der Waals surface area contributed by atoms with Gasteiger partial charge in [0.25, 0.3) is 5.91 Å². The molecule has 2 heterocycles. The highest BCUT2D eigenvalue weighted by molar-refractivity contribution is 7.10. The number of amides is 1. The lowest BCUT2D eigenvalue weighted by atomic mass is 10.0. The molecule has 27 heavy (non-hydrogen) atoms. The Balaban J connectivity index is 1.57. The number of thiophene rings is 1. The molecule has 2 aromatic heterocycles. The lowest BCUT2D eigenvalue weighted by molar-refractivity contribution is 0.0943. The van der Waals surface area contributed by atoms with E-state index in [1.165, 1.54) is 5.56 Å². The summed E-state index contributed by atoms with van der Waals surface area (Å²) in [5.41, 5.74) is 3.78. The van der Waals surface area contributed by atoms with Gasteiger partial charge in [0.05, 0.1) is 6.04 Å². The molecule has 5 nitrogen and oxygen atoms in total. The molecule has 0 unspecified atom stereocenters. The smallest absolute Gasteiger partial charge is 0.252 e. The first-order valence-electron chi connectivity index (χ1n) is 8.56. The molecule has 0 radical (unpaired) electrons. The number of carbonyl (C=O) groups is 1. The van der Waals surface area contributed by atoms with Crippen LogP contribution in [-0.4, -0.2) is 20.7 Å². The van der Waals surface area contributed by atoms with Crippen molar-refractivity contribution in [1.29, 1.82) is 0 Å². The number of carbonyl (C=O) groups excluding carboxylic acids is 1. The van der Waals surface area contributed by atoms with E-state index in [4.69, 9.17) is 0 Å². The molecule has 4 aromatic rings. The van der Waals surface area contributed by atoms with E-state index in [1.807, 2.05) is 41.8 Å². The second kappa shape index (κ2) is 7.55. The minimum absolute atomic E-state index is 0.107. The third-order valence-corrected chi connectivity index (χ3v) is 5.30. The van der Waals surface area contributed by atoms with Crippen molar-refractivity contribution in [3.8, 4) is 5.69 Å². The van der Waals surface area contributed by atoms with Gasteiger partial charge in [-0.25, -0.2) is 0 Å². The highest BCUT2D eigenvalue weighted by atomic mass is 32.1. The highest BCUT2D eigenvalue weighted by Crippen LogP contribution is 2.27. The molecule has 2 aromatic carbocycles. The zero-order valence-corrected chi connectivity index (χ0v) is 15.6. The van der Waals surface area contributed by atoms with Gasteiger partial charge in [-0.15, -0.1) is 21.5 Å². The van der Waals surface area contributed by atoms with E-state index in [-0.39, 0.29) is 11.9 Å². The maximum atomic E-state index is 12.9. The molecule has 0 spiro atoms. The Morgan fingerprint density at radius 1 is 1.00 bits per heavy atom. The van der Waals surface area contributed by atoms with Gasteiger partial charge >= 0.3 is 0 Å². The Hall–Kier alpha value is -3.25. The van der Waals surface area contributed by atoms with Crippen LogP contribution >= 0.6 is 11.3 Å². The number of hydrogen-bond donors (Lipinski definition) is 1. The Bertz CT molecular complexity index is 1010. The van der Waals surface area contributed by atoms with Crippen molar-refractivity contribution in [1.82, 2.24) is 20.1 Å². The summed E-state index contributed by atoms with van der Waals surface area (Å²) in [7, 11) is 0. The van der Waals surface area contributed by atoms with E-state index < -0.39 is 0 Å². The molecular formula is C21H18N4OS. The molecule has 1 atom stereocenters. The van der Waals surface area contributed by atoms with Gasteiger partial charge in [0.1, 0.15) is 12.7 Å². The predicted octanol–water partition coefficient (Wildman–Crippen LogP) is 4.16. The summed E-state index contributed by atoms with van der Waals surface area (Å²) in [4.78, 5) is 14.0. The SMILES string of the molecule is Cc1ccc([C@H](NC(=O)c2ccc(-n3cnnc3)cc2)c2cccs2)cc1. The summed E-state index contributed by atoms with van der Waals surface area (Å²) in [5, 5.41) is 12.8. The molecular weight excluding hydrogens is 356 g/mol. The zero-order valence-electron chi connectivity index (χ0n) is 14.7. The Labute approximate surface area is 161 Å². The van der Waals surface area contributed by atoms with Gasteiger partial charge in [0.2, 0.25) is 0 Å². The summed E-state index contributed by atoms with van der Waals surface area (Å²) in [6, 6.07) is 19.5. The topological polar surface area (TPSA) is 59.8 Å². The van der Waals surface area contributed by atoms with Crippen molar-refractivity contribution in [2.45, 2.75) is 13.0 Å². The number of nitrogens with zero attached hydrogens (tertiary/aromatic N) is 3. The molecule has 134 valence electrons. The van der Waals surface area contributed by atoms with Crippen LogP contribution < -0.4 is 5.32 Å². The van der Waals surface area contributed by atoms with Gasteiger partial charge in [0, 0.05) is 16.1 Å². The lowest BCUT2D eigenvalue weighted by Crippen LogP contribution is -2.28. The van der Waals surface area contributed by atoms with Crippen LogP contribution in [0.15, 0.2) is 78.7 Å². The highest BCUT2D eigenvalue weighted by Gasteiger charge is 2.18. The number of rotatable bonds is 5. The second-order valence-corrected chi connectivity index (χ2v) is 7.23. The van der Waals surface area contributed by atoms with Gasteiger partial charge in [-0.1, -0.05) is 35.9 Å². The lowest BCUT2D eigenvalue weighted by Gasteiger charge is -2.18. The van der Waals surface area contributed by atoms with E-state index in [0.717, 1.165) is 16.1 Å². The standard InChI is InChI=1S/C21H18N4OS/c1-15-4-6-16(7-5-15)20(19-3-2-12-27-19)24-21(26)17-8-10-18(11-9-17)25-13-22-23-14-25/h2-14,20H,1H3,(H,24,26)/t20-/m0/s1. The van der Waals surface area contributed by atoms with Gasteiger partial charge in [-0.05, 0) is 48.2 Å². The number of benzene rings is 2. The van der Waals surface area contributed by atoms with Gasteiger partial charge < -0.3 is 5.32 Å². The first kappa shape index (κ1) is 17.2. The number of aryl methyl sites for hydroxylation is 1. The summed E-state index contributed by atoms with van der Waals surface area (Å²) < 4.78 is 1.79. The van der Waals surface area contributed by atoms with Crippen LogP contribution in [0.1, 0.15) is 32.4 Å². The Morgan fingerprint density at radius 2 is 1.70 bits per heavy atom. The van der Waals surface area contributed by atoms with Crippen LogP contribution in [0.3, 0.4) is 0 Å². The average molecular weight is 374 g/mol. The summed E-state index contributed by atoms with van der Waals surface area (Å²) in [6.07, 6.45) is 3.25. The van der Waals surface area contributed by atoms with Crippen LogP contribution in [0.5, 0.6) is 0 Å². The Kier molecular flexibility index (Phi) is 4.80. The number of nitrogens with one attached hydrogen (secondary N) is 1. The molecule has 6 heteroatoms. The molecule has 1 N–H and O–H groups in total. The van der Waals surface area contributed by atoms with Crippen LogP contribution in [-0.2, 0) is 0 Å². The first-order valence-corrected chi connectivity index (χ1v) is 9.44. The largest absolute Gasteiger partial charge is 0.340 e. The minimum Gasteiger partial charge on any atom is -0.340 e. The van der Waals surface area contributed by atoms with Crippen LogP contribution in [0.25, 0.3) is 5.69 Å². The molecule has 1 amide bonds. The predicted molar refractivity (Wildman–Crippen MR) is 106 cm³/mol. The number of aromatic nitrogens is 3. The monoisotopic (exact) mass is 374 g/mol. The molecule has 0 aliphatic carbocycles. The summed E-state index contributed by atoms with van der Waals surface area (Å²) in [6.45, 7) is 2.06. The molecule has 0 saturated heterocycles. The molecule has 0 aliphatic heterocycles. The van der Waals surface area contributed by atoms with Crippen molar-refractivity contribution in [2.24, 2.45) is 0 Å². The van der Waals surface area contributed by atoms with E-state index in [9.17, 15) is 4.79 Å². The van der Waals surface area contributed by atoms with Crippen LogP contribution in [0.4, 0.5) is 0 Å². The van der Waals surface area contributed by atoms with E-state index in [1.54, 1.807) is 28.6 Å². The minimum atomic E-state index is -0.171. The fourth-order valence-corrected chi connectivity index (χ4v) is 3.67. The van der Waals surface area contributed by atoms with Crippen molar-refractivity contribution in [3.63, 3.8) is 0 Å². The second-order valence-electron chi connectivity index (χ2n) is 6.25. The van der Waals surface area contributed by atoms with Crippen molar-refractivity contribution >= 4 is 17.2 Å².